The molecule has 1 amide bonds. The third-order valence-corrected chi connectivity index (χ3v) is 3.41. The summed E-state index contributed by atoms with van der Waals surface area (Å²) in [6.45, 7) is -0.122. The van der Waals surface area contributed by atoms with Gasteiger partial charge in [0.2, 0.25) is 0 Å². The average Bonchev–Trinajstić information content (AvgIpc) is 2.64. The van der Waals surface area contributed by atoms with Gasteiger partial charge in [-0.2, -0.15) is 0 Å². The molecule has 0 aliphatic carbocycles. The summed E-state index contributed by atoms with van der Waals surface area (Å²) in [6, 6.07) is 22.7. The third-order valence-electron chi connectivity index (χ3n) is 3.41. The minimum Gasteiger partial charge on any atom is -0.484 e. The number of amides is 1. The van der Waals surface area contributed by atoms with Gasteiger partial charge in [-0.25, -0.2) is 4.39 Å². The van der Waals surface area contributed by atoms with E-state index in [-0.39, 0.29) is 18.3 Å². The second kappa shape index (κ2) is 7.97. The minimum atomic E-state index is -0.349. The van der Waals surface area contributed by atoms with Crippen molar-refractivity contribution in [3.8, 4) is 5.75 Å². The molecule has 0 saturated heterocycles. The maximum Gasteiger partial charge on any atom is 0.262 e. The second-order valence-corrected chi connectivity index (χ2v) is 5.36. The van der Waals surface area contributed by atoms with Crippen molar-refractivity contribution in [3.63, 3.8) is 0 Å². The van der Waals surface area contributed by atoms with E-state index < -0.39 is 0 Å². The van der Waals surface area contributed by atoms with Crippen LogP contribution in [0.4, 0.5) is 21.5 Å². The van der Waals surface area contributed by atoms with E-state index in [0.29, 0.717) is 11.4 Å². The molecule has 5 heteroatoms. The first kappa shape index (κ1) is 16.5. The van der Waals surface area contributed by atoms with Gasteiger partial charge in [0.25, 0.3) is 5.91 Å². The maximum atomic E-state index is 12.8. The smallest absolute Gasteiger partial charge is 0.262 e. The Hall–Kier alpha value is -3.34. The molecule has 25 heavy (non-hydrogen) atoms. The van der Waals surface area contributed by atoms with Crippen molar-refractivity contribution in [3.05, 3.63) is 84.7 Å². The number of benzene rings is 3. The Bertz CT molecular complexity index is 819. The summed E-state index contributed by atoms with van der Waals surface area (Å²) < 4.78 is 18.3. The Morgan fingerprint density at radius 2 is 1.40 bits per heavy atom. The van der Waals surface area contributed by atoms with Crippen LogP contribution in [0.5, 0.6) is 5.75 Å². The molecule has 0 saturated carbocycles. The lowest BCUT2D eigenvalue weighted by Crippen LogP contribution is -2.20. The number of nitrogens with one attached hydrogen (secondary N) is 2. The Morgan fingerprint density at radius 3 is 2.08 bits per heavy atom. The molecule has 3 rings (SSSR count). The Kier molecular flexibility index (Phi) is 5.26. The largest absolute Gasteiger partial charge is 0.484 e. The number of para-hydroxylation sites is 1. The number of carbonyl (C=O) groups is 1. The predicted octanol–water partition coefficient (Wildman–Crippen LogP) is 4.59. The van der Waals surface area contributed by atoms with Crippen LogP contribution < -0.4 is 15.4 Å². The fraction of sp³-hybridized carbons (Fsp3) is 0.0500. The molecule has 0 spiro atoms. The van der Waals surface area contributed by atoms with Crippen LogP contribution in [0.15, 0.2) is 78.9 Å². The van der Waals surface area contributed by atoms with Crippen molar-refractivity contribution in [2.24, 2.45) is 0 Å². The molecular weight excluding hydrogens is 319 g/mol. The van der Waals surface area contributed by atoms with Gasteiger partial charge in [0.1, 0.15) is 11.6 Å². The summed E-state index contributed by atoms with van der Waals surface area (Å²) in [6.07, 6.45) is 0. The van der Waals surface area contributed by atoms with Gasteiger partial charge in [-0.3, -0.25) is 4.79 Å². The summed E-state index contributed by atoms with van der Waals surface area (Å²) >= 11 is 0. The molecule has 0 fully saturated rings. The monoisotopic (exact) mass is 336 g/mol. The lowest BCUT2D eigenvalue weighted by Gasteiger charge is -2.09. The maximum absolute atomic E-state index is 12.8. The molecule has 0 aliphatic heterocycles. The SMILES string of the molecule is O=C(COc1ccc(Nc2ccccc2)cc1)Nc1ccc(F)cc1. The van der Waals surface area contributed by atoms with Crippen LogP contribution in [0.3, 0.4) is 0 Å². The van der Waals surface area contributed by atoms with Gasteiger partial charge < -0.3 is 15.4 Å². The van der Waals surface area contributed by atoms with Crippen molar-refractivity contribution in [1.29, 1.82) is 0 Å². The number of ether oxygens (including phenoxy) is 1. The van der Waals surface area contributed by atoms with Crippen LogP contribution in [0.25, 0.3) is 0 Å². The van der Waals surface area contributed by atoms with E-state index in [1.54, 1.807) is 12.1 Å². The van der Waals surface area contributed by atoms with E-state index in [4.69, 9.17) is 4.74 Å². The number of hydrogen-bond donors (Lipinski definition) is 2. The van der Waals surface area contributed by atoms with E-state index >= 15 is 0 Å². The molecule has 3 aromatic carbocycles. The average molecular weight is 336 g/mol. The Labute approximate surface area is 145 Å². The number of carbonyl (C=O) groups excluding carboxylic acids is 1. The van der Waals surface area contributed by atoms with Crippen molar-refractivity contribution >= 4 is 23.0 Å². The molecule has 0 bridgehead atoms. The number of anilines is 3. The van der Waals surface area contributed by atoms with Gasteiger partial charge in [-0.1, -0.05) is 18.2 Å². The van der Waals surface area contributed by atoms with E-state index in [0.717, 1.165) is 11.4 Å². The van der Waals surface area contributed by atoms with Crippen molar-refractivity contribution in [2.75, 3.05) is 17.2 Å². The number of hydrogen-bond acceptors (Lipinski definition) is 3. The molecule has 0 unspecified atom stereocenters. The third kappa shape index (κ3) is 5.07. The van der Waals surface area contributed by atoms with Gasteiger partial charge >= 0.3 is 0 Å². The van der Waals surface area contributed by atoms with E-state index in [1.807, 2.05) is 42.5 Å². The van der Waals surface area contributed by atoms with Gasteiger partial charge in [-0.05, 0) is 60.7 Å². The zero-order chi connectivity index (χ0) is 17.5. The molecule has 0 radical (unpaired) electrons. The first-order chi connectivity index (χ1) is 12.2. The highest BCUT2D eigenvalue weighted by Crippen LogP contribution is 2.19. The van der Waals surface area contributed by atoms with Gasteiger partial charge in [-0.15, -0.1) is 0 Å². The quantitative estimate of drug-likeness (QED) is 0.692. The topological polar surface area (TPSA) is 50.4 Å². The molecule has 0 atom stereocenters. The molecule has 4 nitrogen and oxygen atoms in total. The second-order valence-electron chi connectivity index (χ2n) is 5.36. The van der Waals surface area contributed by atoms with Gasteiger partial charge in [0.15, 0.2) is 6.61 Å². The normalized spacial score (nSPS) is 10.1. The zero-order valence-corrected chi connectivity index (χ0v) is 13.4. The Morgan fingerprint density at radius 1 is 0.800 bits per heavy atom. The molecule has 2 N–H and O–H groups in total. The lowest BCUT2D eigenvalue weighted by atomic mass is 10.2. The molecule has 0 heterocycles. The van der Waals surface area contributed by atoms with E-state index in [1.165, 1.54) is 24.3 Å². The van der Waals surface area contributed by atoms with Crippen molar-refractivity contribution < 1.29 is 13.9 Å². The molecule has 0 aliphatic rings. The summed E-state index contributed by atoms with van der Waals surface area (Å²) in [5.74, 6) is -0.0654. The number of halogens is 1. The highest BCUT2D eigenvalue weighted by atomic mass is 19.1. The molecule has 0 aromatic heterocycles. The summed E-state index contributed by atoms with van der Waals surface area (Å²) in [7, 11) is 0. The summed E-state index contributed by atoms with van der Waals surface area (Å²) in [4.78, 5) is 11.8. The van der Waals surface area contributed by atoms with Crippen molar-refractivity contribution in [2.45, 2.75) is 0 Å². The van der Waals surface area contributed by atoms with E-state index in [9.17, 15) is 9.18 Å². The predicted molar refractivity (Wildman–Crippen MR) is 96.7 cm³/mol. The Balaban J connectivity index is 1.49. The highest BCUT2D eigenvalue weighted by Gasteiger charge is 2.04. The van der Waals surface area contributed by atoms with Crippen LogP contribution >= 0.6 is 0 Å². The van der Waals surface area contributed by atoms with E-state index in [2.05, 4.69) is 10.6 Å². The minimum absolute atomic E-state index is 0.122. The standard InChI is InChI=1S/C20H17FN2O2/c21-15-6-8-18(9-7-15)23-20(24)14-25-19-12-10-17(11-13-19)22-16-4-2-1-3-5-16/h1-13,22H,14H2,(H,23,24). The van der Waals surface area contributed by atoms with Crippen LogP contribution in [0.2, 0.25) is 0 Å². The van der Waals surface area contributed by atoms with Crippen molar-refractivity contribution in [1.82, 2.24) is 0 Å². The van der Waals surface area contributed by atoms with Gasteiger partial charge in [0.05, 0.1) is 0 Å². The van der Waals surface area contributed by atoms with Crippen LogP contribution in [-0.4, -0.2) is 12.5 Å². The first-order valence-corrected chi connectivity index (χ1v) is 7.79. The molecular formula is C20H17FN2O2. The molecule has 126 valence electrons. The lowest BCUT2D eigenvalue weighted by molar-refractivity contribution is -0.118. The first-order valence-electron chi connectivity index (χ1n) is 7.79. The van der Waals surface area contributed by atoms with Crippen LogP contribution in [0, 0.1) is 5.82 Å². The number of rotatable bonds is 6. The highest BCUT2D eigenvalue weighted by molar-refractivity contribution is 5.91. The fourth-order valence-corrected chi connectivity index (χ4v) is 2.20. The summed E-state index contributed by atoms with van der Waals surface area (Å²) in [5, 5.41) is 5.91. The van der Waals surface area contributed by atoms with Crippen LogP contribution in [0.1, 0.15) is 0 Å². The molecule has 3 aromatic rings. The van der Waals surface area contributed by atoms with Crippen LogP contribution in [-0.2, 0) is 4.79 Å². The summed E-state index contributed by atoms with van der Waals surface area (Å²) in [5.41, 5.74) is 2.45. The van der Waals surface area contributed by atoms with Gasteiger partial charge in [0, 0.05) is 17.1 Å². The zero-order valence-electron chi connectivity index (χ0n) is 13.4. The fourth-order valence-electron chi connectivity index (χ4n) is 2.20.